The molecule has 0 spiro atoms. The predicted molar refractivity (Wildman–Crippen MR) is 71.0 cm³/mol. The van der Waals surface area contributed by atoms with Crippen molar-refractivity contribution in [1.29, 1.82) is 5.26 Å². The van der Waals surface area contributed by atoms with E-state index < -0.39 is 0 Å². The molecule has 0 radical (unpaired) electrons. The van der Waals surface area contributed by atoms with Crippen molar-refractivity contribution < 1.29 is 4.74 Å². The molecule has 0 atom stereocenters. The third-order valence-corrected chi connectivity index (χ3v) is 3.15. The quantitative estimate of drug-likeness (QED) is 0.724. The molecule has 0 bridgehead atoms. The second-order valence-electron chi connectivity index (χ2n) is 4.38. The van der Waals surface area contributed by atoms with Crippen LogP contribution in [-0.4, -0.2) is 19.8 Å². The lowest BCUT2D eigenvalue weighted by molar-refractivity contribution is 0.108. The van der Waals surface area contributed by atoms with E-state index in [4.69, 9.17) is 10.00 Å². The Morgan fingerprint density at radius 3 is 2.94 bits per heavy atom. The molecule has 0 aromatic carbocycles. The first-order valence-electron chi connectivity index (χ1n) is 5.99. The van der Waals surface area contributed by atoms with Crippen molar-refractivity contribution in [3.8, 4) is 6.07 Å². The smallest absolute Gasteiger partial charge is 0.110 e. The van der Waals surface area contributed by atoms with Gasteiger partial charge in [0.2, 0.25) is 0 Å². The minimum Gasteiger partial charge on any atom is -0.381 e. The fraction of sp³-hybridized carbons (Fsp3) is 0.615. The minimum absolute atomic E-state index is 0.610. The van der Waals surface area contributed by atoms with Crippen LogP contribution in [0.25, 0.3) is 0 Å². The first-order chi connectivity index (χ1) is 8.22. The lowest BCUT2D eigenvalue weighted by atomic mass is 10.2. The van der Waals surface area contributed by atoms with E-state index in [9.17, 15) is 0 Å². The summed E-state index contributed by atoms with van der Waals surface area (Å²) in [5, 5.41) is 12.0. The van der Waals surface area contributed by atoms with Gasteiger partial charge in [-0.15, -0.1) is 11.3 Å². The number of rotatable bonds is 8. The zero-order valence-corrected chi connectivity index (χ0v) is 11.3. The third kappa shape index (κ3) is 6.42. The van der Waals surface area contributed by atoms with Crippen LogP contribution in [-0.2, 0) is 11.3 Å². The highest BCUT2D eigenvalue weighted by Gasteiger charge is 1.98. The molecular formula is C13H20N2OS. The van der Waals surface area contributed by atoms with Gasteiger partial charge >= 0.3 is 0 Å². The average molecular weight is 252 g/mol. The van der Waals surface area contributed by atoms with Crippen molar-refractivity contribution >= 4 is 11.3 Å². The maximum Gasteiger partial charge on any atom is 0.110 e. The summed E-state index contributed by atoms with van der Waals surface area (Å²) < 4.78 is 5.49. The maximum atomic E-state index is 8.69. The van der Waals surface area contributed by atoms with E-state index in [-0.39, 0.29) is 0 Å². The predicted octanol–water partition coefficient (Wildman–Crippen LogP) is 2.77. The minimum atomic E-state index is 0.610. The Kier molecular flexibility index (Phi) is 6.87. The van der Waals surface area contributed by atoms with Gasteiger partial charge < -0.3 is 10.1 Å². The Bertz CT molecular complexity index is 355. The van der Waals surface area contributed by atoms with Crippen molar-refractivity contribution in [2.24, 2.45) is 5.92 Å². The average Bonchev–Trinajstić information content (AvgIpc) is 2.75. The van der Waals surface area contributed by atoms with Crippen LogP contribution in [0.15, 0.2) is 12.1 Å². The lowest BCUT2D eigenvalue weighted by Gasteiger charge is -2.07. The van der Waals surface area contributed by atoms with E-state index in [0.29, 0.717) is 5.92 Å². The molecule has 0 fully saturated rings. The zero-order chi connectivity index (χ0) is 12.5. The van der Waals surface area contributed by atoms with Gasteiger partial charge in [-0.1, -0.05) is 13.8 Å². The molecule has 1 heterocycles. The number of nitrogens with one attached hydrogen (secondary N) is 1. The van der Waals surface area contributed by atoms with Gasteiger partial charge in [0.05, 0.1) is 0 Å². The summed E-state index contributed by atoms with van der Waals surface area (Å²) in [6, 6.07) is 6.02. The van der Waals surface area contributed by atoms with Gasteiger partial charge in [-0.05, 0) is 31.0 Å². The Balaban J connectivity index is 1.99. The molecule has 1 rings (SSSR count). The molecule has 0 aliphatic carbocycles. The first-order valence-corrected chi connectivity index (χ1v) is 6.81. The van der Waals surface area contributed by atoms with Crippen molar-refractivity contribution in [3.63, 3.8) is 0 Å². The number of nitrogens with zero attached hydrogens (tertiary/aromatic N) is 1. The van der Waals surface area contributed by atoms with Crippen LogP contribution in [0.5, 0.6) is 0 Å². The SMILES string of the molecule is CC(C)COCCCNCc1ccc(C#N)s1. The Labute approximate surface area is 107 Å². The third-order valence-electron chi connectivity index (χ3n) is 2.16. The highest BCUT2D eigenvalue weighted by atomic mass is 32.1. The topological polar surface area (TPSA) is 45.0 Å². The zero-order valence-electron chi connectivity index (χ0n) is 10.5. The van der Waals surface area contributed by atoms with Gasteiger partial charge in [0, 0.05) is 24.6 Å². The maximum absolute atomic E-state index is 8.69. The van der Waals surface area contributed by atoms with Gasteiger partial charge in [0.25, 0.3) is 0 Å². The van der Waals surface area contributed by atoms with E-state index in [0.717, 1.165) is 37.6 Å². The van der Waals surface area contributed by atoms with Crippen molar-refractivity contribution in [2.75, 3.05) is 19.8 Å². The van der Waals surface area contributed by atoms with Crippen LogP contribution in [0.3, 0.4) is 0 Å². The number of nitriles is 1. The molecule has 0 aliphatic rings. The highest BCUT2D eigenvalue weighted by Crippen LogP contribution is 2.14. The van der Waals surface area contributed by atoms with E-state index >= 15 is 0 Å². The molecule has 1 N–H and O–H groups in total. The van der Waals surface area contributed by atoms with Gasteiger partial charge in [0.1, 0.15) is 10.9 Å². The van der Waals surface area contributed by atoms with Gasteiger partial charge in [-0.3, -0.25) is 0 Å². The highest BCUT2D eigenvalue weighted by molar-refractivity contribution is 7.12. The lowest BCUT2D eigenvalue weighted by Crippen LogP contribution is -2.16. The molecule has 0 aliphatic heterocycles. The summed E-state index contributed by atoms with van der Waals surface area (Å²) >= 11 is 1.55. The monoisotopic (exact) mass is 252 g/mol. The molecule has 0 unspecified atom stereocenters. The molecule has 4 heteroatoms. The first kappa shape index (κ1) is 14.2. The van der Waals surface area contributed by atoms with E-state index in [2.05, 4.69) is 25.2 Å². The fourth-order valence-electron chi connectivity index (χ4n) is 1.36. The molecule has 0 amide bonds. The van der Waals surface area contributed by atoms with E-state index in [1.54, 1.807) is 11.3 Å². The summed E-state index contributed by atoms with van der Waals surface area (Å²) in [5.41, 5.74) is 0. The van der Waals surface area contributed by atoms with Crippen molar-refractivity contribution in [2.45, 2.75) is 26.8 Å². The molecule has 3 nitrogen and oxygen atoms in total. The molecule has 1 aromatic heterocycles. The molecular weight excluding hydrogens is 232 g/mol. The van der Waals surface area contributed by atoms with Crippen molar-refractivity contribution in [3.05, 3.63) is 21.9 Å². The Morgan fingerprint density at radius 2 is 2.29 bits per heavy atom. The summed E-state index contributed by atoms with van der Waals surface area (Å²) in [4.78, 5) is 1.99. The second-order valence-corrected chi connectivity index (χ2v) is 5.55. The van der Waals surface area contributed by atoms with Crippen LogP contribution >= 0.6 is 11.3 Å². The van der Waals surface area contributed by atoms with Crippen LogP contribution in [0.4, 0.5) is 0 Å². The fourth-order valence-corrected chi connectivity index (χ4v) is 2.14. The number of hydrogen-bond donors (Lipinski definition) is 1. The van der Waals surface area contributed by atoms with E-state index in [1.165, 1.54) is 4.88 Å². The number of thiophene rings is 1. The Hall–Kier alpha value is -0.890. The summed E-state index contributed by atoms with van der Waals surface area (Å²) in [7, 11) is 0. The Morgan fingerprint density at radius 1 is 1.47 bits per heavy atom. The summed E-state index contributed by atoms with van der Waals surface area (Å²) in [6.45, 7) is 7.77. The molecule has 1 aromatic rings. The largest absolute Gasteiger partial charge is 0.381 e. The van der Waals surface area contributed by atoms with Crippen molar-refractivity contribution in [1.82, 2.24) is 5.32 Å². The van der Waals surface area contributed by atoms with Crippen LogP contribution < -0.4 is 5.32 Å². The number of hydrogen-bond acceptors (Lipinski definition) is 4. The second kappa shape index (κ2) is 8.24. The summed E-state index contributed by atoms with van der Waals surface area (Å²) in [6.07, 6.45) is 1.03. The van der Waals surface area contributed by atoms with Gasteiger partial charge in [0.15, 0.2) is 0 Å². The van der Waals surface area contributed by atoms with Gasteiger partial charge in [-0.25, -0.2) is 0 Å². The van der Waals surface area contributed by atoms with Crippen LogP contribution in [0.1, 0.15) is 30.0 Å². The molecule has 0 saturated carbocycles. The van der Waals surface area contributed by atoms with Gasteiger partial charge in [-0.2, -0.15) is 5.26 Å². The normalized spacial score (nSPS) is 10.7. The number of ether oxygens (including phenoxy) is 1. The van der Waals surface area contributed by atoms with E-state index in [1.807, 2.05) is 12.1 Å². The summed E-state index contributed by atoms with van der Waals surface area (Å²) in [5.74, 6) is 0.610. The molecule has 94 valence electrons. The van der Waals surface area contributed by atoms with Crippen LogP contribution in [0, 0.1) is 17.2 Å². The van der Waals surface area contributed by atoms with Crippen LogP contribution in [0.2, 0.25) is 0 Å². The molecule has 0 saturated heterocycles. The standard InChI is InChI=1S/C13H20N2OS/c1-11(2)10-16-7-3-6-15-9-13-5-4-12(8-14)17-13/h4-5,11,15H,3,6-7,9-10H2,1-2H3. The molecule has 17 heavy (non-hydrogen) atoms.